The van der Waals surface area contributed by atoms with Gasteiger partial charge in [0.1, 0.15) is 5.82 Å². The smallest absolute Gasteiger partial charge is 0.318 e. The predicted molar refractivity (Wildman–Crippen MR) is 130 cm³/mol. The van der Waals surface area contributed by atoms with Gasteiger partial charge in [0.2, 0.25) is 0 Å². The third-order valence-electron chi connectivity index (χ3n) is 4.94. The summed E-state index contributed by atoms with van der Waals surface area (Å²) in [6, 6.07) is 17.1. The van der Waals surface area contributed by atoms with Crippen LogP contribution in [0.15, 0.2) is 59.5 Å². The molecule has 0 bridgehead atoms. The number of carbonyl (C=O) groups excluding carboxylic acids is 1. The molecule has 9 heteroatoms. The zero-order valence-corrected chi connectivity index (χ0v) is 19.2. The third-order valence-corrected chi connectivity index (χ3v) is 6.49. The number of rotatable bonds is 6. The molecule has 1 aliphatic heterocycles. The molecule has 7 nitrogen and oxygen atoms in total. The lowest BCUT2D eigenvalue weighted by molar-refractivity contribution is 0.122. The third kappa shape index (κ3) is 5.70. The maximum Gasteiger partial charge on any atom is 0.318 e. The van der Waals surface area contributed by atoms with Crippen LogP contribution in [0.5, 0.6) is 0 Å². The van der Waals surface area contributed by atoms with Gasteiger partial charge >= 0.3 is 6.03 Å². The number of urea groups is 1. The predicted octanol–water partition coefficient (Wildman–Crippen LogP) is 4.68. The minimum atomic E-state index is -0.262. The number of benzene rings is 2. The van der Waals surface area contributed by atoms with Crippen molar-refractivity contribution >= 4 is 40.9 Å². The Morgan fingerprint density at radius 3 is 2.59 bits per heavy atom. The molecule has 1 saturated heterocycles. The molecule has 4 rings (SSSR count). The van der Waals surface area contributed by atoms with Crippen LogP contribution < -0.4 is 15.5 Å². The maximum atomic E-state index is 11.5. The van der Waals surface area contributed by atoms with Gasteiger partial charge in [0.15, 0.2) is 5.82 Å². The summed E-state index contributed by atoms with van der Waals surface area (Å²) in [5, 5.41) is 6.04. The molecular weight excluding hydrogens is 446 g/mol. The van der Waals surface area contributed by atoms with E-state index in [0.29, 0.717) is 30.5 Å². The van der Waals surface area contributed by atoms with Crippen LogP contribution in [0.4, 0.5) is 16.3 Å². The number of nitrogens with one attached hydrogen (secondary N) is 2. The van der Waals surface area contributed by atoms with E-state index < -0.39 is 0 Å². The highest BCUT2D eigenvalue weighted by Gasteiger charge is 2.16. The SMILES string of the molecule is CNC(=O)Nc1ccc(-c2nc(CSc3ccccc3Cl)cc(N3CCOCC3)n2)cc1. The highest BCUT2D eigenvalue weighted by molar-refractivity contribution is 7.98. The van der Waals surface area contributed by atoms with E-state index in [4.69, 9.17) is 26.3 Å². The number of thioether (sulfide) groups is 1. The fourth-order valence-electron chi connectivity index (χ4n) is 3.25. The van der Waals surface area contributed by atoms with Crippen LogP contribution in [0.3, 0.4) is 0 Å². The number of amides is 2. The number of ether oxygens (including phenoxy) is 1. The lowest BCUT2D eigenvalue weighted by atomic mass is 10.2. The summed E-state index contributed by atoms with van der Waals surface area (Å²) in [5.41, 5.74) is 2.51. The molecule has 2 heterocycles. The van der Waals surface area contributed by atoms with Gasteiger partial charge in [-0.05, 0) is 36.4 Å². The van der Waals surface area contributed by atoms with Crippen LogP contribution in [0, 0.1) is 0 Å². The van der Waals surface area contributed by atoms with Crippen LogP contribution in [-0.2, 0) is 10.5 Å². The second-order valence-electron chi connectivity index (χ2n) is 7.14. The van der Waals surface area contributed by atoms with Crippen LogP contribution in [0.1, 0.15) is 5.69 Å². The first-order valence-electron chi connectivity index (χ1n) is 10.3. The van der Waals surface area contributed by atoms with E-state index >= 15 is 0 Å². The van der Waals surface area contributed by atoms with Crippen molar-refractivity contribution < 1.29 is 9.53 Å². The number of halogens is 1. The molecule has 1 aliphatic rings. The number of nitrogens with zero attached hydrogens (tertiary/aromatic N) is 3. The molecule has 0 spiro atoms. The van der Waals surface area contributed by atoms with Gasteiger partial charge in [0, 0.05) is 48.1 Å². The Morgan fingerprint density at radius 1 is 1.12 bits per heavy atom. The second kappa shape index (κ2) is 10.7. The molecule has 1 aromatic heterocycles. The normalized spacial score (nSPS) is 13.6. The Hall–Kier alpha value is -2.81. The average molecular weight is 470 g/mol. The van der Waals surface area contributed by atoms with Gasteiger partial charge in [-0.1, -0.05) is 23.7 Å². The maximum absolute atomic E-state index is 11.5. The van der Waals surface area contributed by atoms with Crippen LogP contribution in [-0.4, -0.2) is 49.4 Å². The van der Waals surface area contributed by atoms with E-state index in [9.17, 15) is 4.79 Å². The number of anilines is 2. The van der Waals surface area contributed by atoms with Crippen molar-refractivity contribution in [1.29, 1.82) is 0 Å². The lowest BCUT2D eigenvalue weighted by Gasteiger charge is -2.28. The molecule has 32 heavy (non-hydrogen) atoms. The van der Waals surface area contributed by atoms with E-state index in [2.05, 4.69) is 15.5 Å². The number of carbonyl (C=O) groups is 1. The molecule has 0 aliphatic carbocycles. The van der Waals surface area contributed by atoms with E-state index in [0.717, 1.165) is 40.1 Å². The lowest BCUT2D eigenvalue weighted by Crippen LogP contribution is -2.37. The summed E-state index contributed by atoms with van der Waals surface area (Å²) >= 11 is 7.97. The van der Waals surface area contributed by atoms with Crippen molar-refractivity contribution in [2.24, 2.45) is 0 Å². The summed E-state index contributed by atoms with van der Waals surface area (Å²) in [6.45, 7) is 2.96. The Kier molecular flexibility index (Phi) is 7.47. The van der Waals surface area contributed by atoms with Gasteiger partial charge in [0.25, 0.3) is 0 Å². The minimum absolute atomic E-state index is 0.262. The van der Waals surface area contributed by atoms with Crippen LogP contribution in [0.2, 0.25) is 5.02 Å². The Bertz CT molecular complexity index is 1070. The summed E-state index contributed by atoms with van der Waals surface area (Å²) < 4.78 is 5.50. The zero-order valence-electron chi connectivity index (χ0n) is 17.7. The number of morpholine rings is 1. The van der Waals surface area contributed by atoms with Crippen molar-refractivity contribution in [3.63, 3.8) is 0 Å². The monoisotopic (exact) mass is 469 g/mol. The number of hydrogen-bond donors (Lipinski definition) is 2. The molecular formula is C23H24ClN5O2S. The standard InChI is InChI=1S/C23H24ClN5O2S/c1-25-23(30)27-17-8-6-16(7-9-17)22-26-18(15-32-20-5-3-2-4-19(20)24)14-21(28-22)29-10-12-31-13-11-29/h2-9,14H,10-13,15H2,1H3,(H2,25,27,30). The summed E-state index contributed by atoms with van der Waals surface area (Å²) in [4.78, 5) is 24.4. The van der Waals surface area contributed by atoms with Gasteiger partial charge in [-0.3, -0.25) is 0 Å². The first kappa shape index (κ1) is 22.4. The minimum Gasteiger partial charge on any atom is -0.378 e. The molecule has 166 valence electrons. The van der Waals surface area contributed by atoms with E-state index in [1.54, 1.807) is 18.8 Å². The van der Waals surface area contributed by atoms with Crippen LogP contribution in [0.25, 0.3) is 11.4 Å². The first-order valence-corrected chi connectivity index (χ1v) is 11.7. The van der Waals surface area contributed by atoms with Gasteiger partial charge in [-0.15, -0.1) is 11.8 Å². The zero-order chi connectivity index (χ0) is 22.3. The van der Waals surface area contributed by atoms with E-state index in [1.165, 1.54) is 0 Å². The van der Waals surface area contributed by atoms with Gasteiger partial charge in [-0.2, -0.15) is 0 Å². The quantitative estimate of drug-likeness (QED) is 0.510. The summed E-state index contributed by atoms with van der Waals surface area (Å²) in [7, 11) is 1.58. The molecule has 2 amide bonds. The average Bonchev–Trinajstić information content (AvgIpc) is 2.84. The molecule has 0 atom stereocenters. The van der Waals surface area contributed by atoms with Crippen molar-refractivity contribution in [3.05, 3.63) is 65.3 Å². The topological polar surface area (TPSA) is 79.4 Å². The Morgan fingerprint density at radius 2 is 1.88 bits per heavy atom. The first-order chi connectivity index (χ1) is 15.6. The highest BCUT2D eigenvalue weighted by atomic mass is 35.5. The molecule has 1 fully saturated rings. The fourth-order valence-corrected chi connectivity index (χ4v) is 4.38. The number of hydrogen-bond acceptors (Lipinski definition) is 6. The van der Waals surface area contributed by atoms with Gasteiger partial charge in [-0.25, -0.2) is 14.8 Å². The van der Waals surface area contributed by atoms with Crippen molar-refractivity contribution in [2.75, 3.05) is 43.6 Å². The van der Waals surface area contributed by atoms with Gasteiger partial charge < -0.3 is 20.3 Å². The van der Waals surface area contributed by atoms with Crippen molar-refractivity contribution in [1.82, 2.24) is 15.3 Å². The van der Waals surface area contributed by atoms with E-state index in [1.807, 2.05) is 54.6 Å². The molecule has 0 saturated carbocycles. The van der Waals surface area contributed by atoms with Crippen LogP contribution >= 0.6 is 23.4 Å². The summed E-state index contributed by atoms with van der Waals surface area (Å²) in [5.74, 6) is 2.21. The largest absolute Gasteiger partial charge is 0.378 e. The number of aromatic nitrogens is 2. The van der Waals surface area contributed by atoms with Gasteiger partial charge in [0.05, 0.1) is 23.9 Å². The molecule has 2 N–H and O–H groups in total. The Balaban J connectivity index is 1.61. The second-order valence-corrected chi connectivity index (χ2v) is 8.57. The highest BCUT2D eigenvalue weighted by Crippen LogP contribution is 2.31. The van der Waals surface area contributed by atoms with E-state index in [-0.39, 0.29) is 6.03 Å². The van der Waals surface area contributed by atoms with Crippen molar-refractivity contribution in [3.8, 4) is 11.4 Å². The Labute approximate surface area is 196 Å². The molecule has 2 aromatic carbocycles. The summed E-state index contributed by atoms with van der Waals surface area (Å²) in [6.07, 6.45) is 0. The molecule has 3 aromatic rings. The molecule has 0 unspecified atom stereocenters. The van der Waals surface area contributed by atoms with Crippen molar-refractivity contribution in [2.45, 2.75) is 10.6 Å². The molecule has 0 radical (unpaired) electrons. The fraction of sp³-hybridized carbons (Fsp3) is 0.261.